The predicted octanol–water partition coefficient (Wildman–Crippen LogP) is 20.3. The summed E-state index contributed by atoms with van der Waals surface area (Å²) in [5, 5.41) is 27.8. The molecule has 5 nitrogen and oxygen atoms in total. The Morgan fingerprint density at radius 2 is 0.696 bits per heavy atom. The number of rotatable bonds is 8. The van der Waals surface area contributed by atoms with Gasteiger partial charge in [-0.05, 0) is 134 Å². The molecule has 3 aromatic heterocycles. The Labute approximate surface area is 455 Å². The zero-order valence-corrected chi connectivity index (χ0v) is 42.6. The molecule has 5 heteroatoms. The van der Waals surface area contributed by atoms with Crippen LogP contribution >= 0.6 is 0 Å². The Kier molecular flexibility index (Phi) is 10.7. The minimum atomic E-state index is -0.0478. The summed E-state index contributed by atoms with van der Waals surface area (Å²) >= 11 is 0. The van der Waals surface area contributed by atoms with Gasteiger partial charge >= 0.3 is 0 Å². The minimum absolute atomic E-state index is 0.0478. The van der Waals surface area contributed by atoms with Crippen molar-refractivity contribution in [1.29, 1.82) is 10.5 Å². The Balaban J connectivity index is 0.809. The Hall–Kier alpha value is -10.7. The second-order valence-corrected chi connectivity index (χ2v) is 20.5. The van der Waals surface area contributed by atoms with Gasteiger partial charge in [0.05, 0.1) is 17.7 Å². The van der Waals surface area contributed by atoms with E-state index in [1.807, 2.05) is 72.8 Å². The number of allylic oxidation sites excluding steroid dienone is 4. The smallest absolute Gasteiger partial charge is 0.143 e. The maximum absolute atomic E-state index is 10.6. The number of fused-ring (bicyclic) bond motifs is 9. The van der Waals surface area contributed by atoms with Gasteiger partial charge in [0.25, 0.3) is 0 Å². The number of para-hydroxylation sites is 6. The van der Waals surface area contributed by atoms with E-state index in [0.29, 0.717) is 17.6 Å². The van der Waals surface area contributed by atoms with Crippen LogP contribution in [-0.4, -0.2) is 0 Å². The van der Waals surface area contributed by atoms with Crippen molar-refractivity contribution in [1.82, 2.24) is 0 Å². The zero-order valence-electron chi connectivity index (χ0n) is 42.6. The fourth-order valence-electron chi connectivity index (χ4n) is 12.0. The third-order valence-corrected chi connectivity index (χ3v) is 15.9. The topological polar surface area (TPSA) is 87.0 Å². The van der Waals surface area contributed by atoms with Crippen molar-refractivity contribution in [2.75, 3.05) is 0 Å². The van der Waals surface area contributed by atoms with E-state index < -0.39 is 0 Å². The lowest BCUT2D eigenvalue weighted by molar-refractivity contribution is 0.669. The Bertz CT molecular complexity index is 4930. The highest BCUT2D eigenvalue weighted by Crippen LogP contribution is 2.44. The molecule has 1 aliphatic rings. The average Bonchev–Trinajstić information content (AvgIpc) is 4.27. The number of furan rings is 3. The average molecular weight is 1010 g/mol. The normalized spacial score (nSPS) is 13.5. The van der Waals surface area contributed by atoms with Crippen molar-refractivity contribution in [3.8, 4) is 78.9 Å². The quantitative estimate of drug-likeness (QED) is 0.151. The van der Waals surface area contributed by atoms with Crippen LogP contribution in [0.5, 0.6) is 0 Å². The highest BCUT2D eigenvalue weighted by Gasteiger charge is 2.22. The van der Waals surface area contributed by atoms with Crippen LogP contribution < -0.4 is 0 Å². The second kappa shape index (κ2) is 18.5. The van der Waals surface area contributed by atoms with Crippen molar-refractivity contribution in [2.24, 2.45) is 0 Å². The van der Waals surface area contributed by atoms with Crippen molar-refractivity contribution >= 4 is 71.4 Å². The lowest BCUT2D eigenvalue weighted by Gasteiger charge is -2.22. The zero-order chi connectivity index (χ0) is 52.6. The van der Waals surface area contributed by atoms with Crippen molar-refractivity contribution in [3.63, 3.8) is 0 Å². The van der Waals surface area contributed by atoms with Gasteiger partial charge in [0.15, 0.2) is 0 Å². The molecule has 0 spiro atoms. The summed E-state index contributed by atoms with van der Waals surface area (Å²) in [5.74, 6) is -0.0478. The Morgan fingerprint density at radius 3 is 1.14 bits per heavy atom. The molecule has 11 aromatic carbocycles. The van der Waals surface area contributed by atoms with Gasteiger partial charge in [-0.3, -0.25) is 0 Å². The summed E-state index contributed by atoms with van der Waals surface area (Å²) < 4.78 is 19.3. The first-order valence-electron chi connectivity index (χ1n) is 26.6. The number of hydrogen-bond donors (Lipinski definition) is 0. The van der Waals surface area contributed by atoms with Gasteiger partial charge < -0.3 is 13.3 Å². The van der Waals surface area contributed by atoms with Gasteiger partial charge in [0.1, 0.15) is 33.5 Å². The molecule has 0 bridgehead atoms. The molecule has 1 aliphatic carbocycles. The molecule has 368 valence electrons. The van der Waals surface area contributed by atoms with Crippen molar-refractivity contribution < 1.29 is 13.3 Å². The number of nitriles is 2. The first-order valence-corrected chi connectivity index (χ1v) is 26.6. The standard InChI is InChI=1S/C74H44N2O3/c75-43-45-34-53(47-22-28-50(29-23-47)60-13-7-16-66-63-10-1-4-19-69(63)77-72(60)66)38-55(36-45)58-40-57(49-26-32-52(33-27-49)62-15-9-18-68-65-12-3-6-21-71(65)79-74(62)68)41-59(42-58)56-37-46(44-76)35-54(39-56)48-24-30-51(31-25-48)61-14-8-17-67-64-11-2-5-20-70(64)78-73(61)67/h1-38,40-42,54H,39H2. The summed E-state index contributed by atoms with van der Waals surface area (Å²) in [4.78, 5) is 0. The van der Waals surface area contributed by atoms with E-state index in [1.54, 1.807) is 0 Å². The van der Waals surface area contributed by atoms with Crippen LogP contribution in [0.1, 0.15) is 29.0 Å². The largest absolute Gasteiger partial charge is 0.455 e. The van der Waals surface area contributed by atoms with Gasteiger partial charge in [-0.15, -0.1) is 0 Å². The molecular formula is C74H44N2O3. The SMILES string of the molecule is N#CC1=CC(c2ccc(-c3cccc4c3oc3ccccc34)cc2)CC(c2cc(-c3ccc(-c4cccc5c4oc4ccccc45)cc3)cc(-c3cc(C#N)cc(-c4ccc(-c5cccc6c5oc5ccccc56)cc4)c3)c2)=C1. The molecule has 3 heterocycles. The number of hydrogen-bond acceptors (Lipinski definition) is 5. The molecule has 14 aromatic rings. The maximum atomic E-state index is 10.6. The second-order valence-electron chi connectivity index (χ2n) is 20.5. The third kappa shape index (κ3) is 7.92. The molecule has 0 aliphatic heterocycles. The van der Waals surface area contributed by atoms with E-state index >= 15 is 0 Å². The highest BCUT2D eigenvalue weighted by molar-refractivity contribution is 6.12. The van der Waals surface area contributed by atoms with Crippen LogP contribution in [0, 0.1) is 22.7 Å². The molecular weight excluding hydrogens is 965 g/mol. The molecule has 0 radical (unpaired) electrons. The molecule has 0 amide bonds. The van der Waals surface area contributed by atoms with E-state index in [2.05, 4.69) is 188 Å². The third-order valence-electron chi connectivity index (χ3n) is 15.9. The van der Waals surface area contributed by atoms with E-state index in [4.69, 9.17) is 13.3 Å². The van der Waals surface area contributed by atoms with Crippen molar-refractivity contribution in [2.45, 2.75) is 12.3 Å². The number of benzene rings is 11. The van der Waals surface area contributed by atoms with Gasteiger partial charge in [-0.2, -0.15) is 10.5 Å². The maximum Gasteiger partial charge on any atom is 0.143 e. The van der Waals surface area contributed by atoms with Gasteiger partial charge in [-0.25, -0.2) is 0 Å². The van der Waals surface area contributed by atoms with Crippen LogP contribution in [0.15, 0.2) is 268 Å². The summed E-state index contributed by atoms with van der Waals surface area (Å²) in [6.07, 6.45) is 4.82. The predicted molar refractivity (Wildman–Crippen MR) is 321 cm³/mol. The van der Waals surface area contributed by atoms with Gasteiger partial charge in [0.2, 0.25) is 0 Å². The van der Waals surface area contributed by atoms with E-state index in [-0.39, 0.29) is 5.92 Å². The van der Waals surface area contributed by atoms with Crippen LogP contribution in [0.2, 0.25) is 0 Å². The molecule has 79 heavy (non-hydrogen) atoms. The van der Waals surface area contributed by atoms with Crippen LogP contribution in [0.3, 0.4) is 0 Å². The Morgan fingerprint density at radius 1 is 0.329 bits per heavy atom. The van der Waals surface area contributed by atoms with Crippen LogP contribution in [-0.2, 0) is 0 Å². The molecule has 1 atom stereocenters. The first-order chi connectivity index (χ1) is 39.0. The minimum Gasteiger partial charge on any atom is -0.455 e. The highest BCUT2D eigenvalue weighted by atomic mass is 16.3. The molecule has 1 unspecified atom stereocenters. The monoisotopic (exact) mass is 1010 g/mol. The first kappa shape index (κ1) is 45.7. The van der Waals surface area contributed by atoms with Gasteiger partial charge in [0, 0.05) is 60.5 Å². The van der Waals surface area contributed by atoms with E-state index in [9.17, 15) is 10.5 Å². The molecule has 0 saturated carbocycles. The molecule has 0 saturated heterocycles. The molecule has 0 fully saturated rings. The lowest BCUT2D eigenvalue weighted by Crippen LogP contribution is -2.04. The summed E-state index contributed by atoms with van der Waals surface area (Å²) in [6, 6.07) is 87.2. The fraction of sp³-hybridized carbons (Fsp3) is 0.0270. The number of nitrogens with zero attached hydrogens (tertiary/aromatic N) is 2. The summed E-state index contributed by atoms with van der Waals surface area (Å²) in [7, 11) is 0. The van der Waals surface area contributed by atoms with Crippen molar-refractivity contribution in [3.05, 3.63) is 271 Å². The van der Waals surface area contributed by atoms with Crippen LogP contribution in [0.25, 0.3) is 138 Å². The fourth-order valence-corrected chi connectivity index (χ4v) is 12.0. The molecule has 15 rings (SSSR count). The molecule has 0 N–H and O–H groups in total. The van der Waals surface area contributed by atoms with E-state index in [0.717, 1.165) is 149 Å². The van der Waals surface area contributed by atoms with Gasteiger partial charge in [-0.1, -0.05) is 188 Å². The van der Waals surface area contributed by atoms with Crippen LogP contribution in [0.4, 0.5) is 0 Å². The van der Waals surface area contributed by atoms with E-state index in [1.165, 1.54) is 0 Å². The summed E-state index contributed by atoms with van der Waals surface area (Å²) in [6.45, 7) is 0. The summed E-state index contributed by atoms with van der Waals surface area (Å²) in [5.41, 5.74) is 21.7. The lowest BCUT2D eigenvalue weighted by atomic mass is 9.81.